The fourth-order valence-electron chi connectivity index (χ4n) is 5.78. The summed E-state index contributed by atoms with van der Waals surface area (Å²) in [5.74, 6) is 1.22. The van der Waals surface area contributed by atoms with E-state index in [0.29, 0.717) is 42.2 Å². The minimum Gasteiger partial charge on any atom is -0.493 e. The summed E-state index contributed by atoms with van der Waals surface area (Å²) >= 11 is 0. The van der Waals surface area contributed by atoms with Crippen molar-refractivity contribution in [3.05, 3.63) is 65.7 Å². The van der Waals surface area contributed by atoms with Crippen LogP contribution in [0.1, 0.15) is 24.0 Å². The van der Waals surface area contributed by atoms with Crippen molar-refractivity contribution in [3.63, 3.8) is 0 Å². The maximum Gasteiger partial charge on any atom is 0.243 e. The van der Waals surface area contributed by atoms with Crippen LogP contribution in [0.3, 0.4) is 0 Å². The number of benzene rings is 2. The van der Waals surface area contributed by atoms with Gasteiger partial charge in [-0.25, -0.2) is 8.42 Å². The first-order chi connectivity index (χ1) is 14.9. The molecule has 1 saturated heterocycles. The van der Waals surface area contributed by atoms with E-state index < -0.39 is 15.4 Å². The normalized spacial score (nSPS) is 27.4. The number of piperidine rings is 1. The van der Waals surface area contributed by atoms with Gasteiger partial charge in [0.1, 0.15) is 0 Å². The molecule has 6 nitrogen and oxygen atoms in total. The second-order valence-electron chi connectivity index (χ2n) is 8.44. The molecule has 0 saturated carbocycles. The summed E-state index contributed by atoms with van der Waals surface area (Å²) in [5, 5.41) is 0. The van der Waals surface area contributed by atoms with Crippen molar-refractivity contribution in [2.45, 2.75) is 35.6 Å². The van der Waals surface area contributed by atoms with E-state index in [9.17, 15) is 13.2 Å². The number of ketones is 1. The molecule has 0 aromatic heterocycles. The van der Waals surface area contributed by atoms with Gasteiger partial charge in [0.25, 0.3) is 0 Å². The Kier molecular flexibility index (Phi) is 4.71. The van der Waals surface area contributed by atoms with Crippen LogP contribution in [0.5, 0.6) is 11.5 Å². The number of carbonyl (C=O) groups is 1. The zero-order chi connectivity index (χ0) is 21.8. The summed E-state index contributed by atoms with van der Waals surface area (Å²) < 4.78 is 40.1. The van der Waals surface area contributed by atoms with Gasteiger partial charge in [-0.2, -0.15) is 4.31 Å². The Bertz CT molecular complexity index is 1170. The second kappa shape index (κ2) is 7.21. The van der Waals surface area contributed by atoms with Crippen molar-refractivity contribution >= 4 is 15.8 Å². The van der Waals surface area contributed by atoms with Crippen LogP contribution in [-0.2, 0) is 26.7 Å². The zero-order valence-electron chi connectivity index (χ0n) is 17.6. The van der Waals surface area contributed by atoms with E-state index in [0.717, 1.165) is 11.1 Å². The summed E-state index contributed by atoms with van der Waals surface area (Å²) in [4.78, 5) is 12.7. The maximum atomic E-state index is 13.6. The largest absolute Gasteiger partial charge is 0.493 e. The first-order valence-corrected chi connectivity index (χ1v) is 11.9. The monoisotopic (exact) mass is 439 g/mol. The number of nitrogens with zero attached hydrogens (tertiary/aromatic N) is 1. The van der Waals surface area contributed by atoms with E-state index in [1.165, 1.54) is 0 Å². The molecule has 0 N–H and O–H groups in total. The summed E-state index contributed by atoms with van der Waals surface area (Å²) in [6.07, 6.45) is 5.09. The van der Waals surface area contributed by atoms with Gasteiger partial charge in [-0.15, -0.1) is 0 Å². The van der Waals surface area contributed by atoms with E-state index in [2.05, 4.69) is 0 Å². The molecule has 3 atom stereocenters. The molecular weight excluding hydrogens is 414 g/mol. The lowest BCUT2D eigenvalue weighted by Crippen LogP contribution is -2.61. The van der Waals surface area contributed by atoms with Gasteiger partial charge in [-0.3, -0.25) is 4.79 Å². The summed E-state index contributed by atoms with van der Waals surface area (Å²) in [6.45, 7) is 0.386. The maximum absolute atomic E-state index is 13.6. The van der Waals surface area contributed by atoms with Gasteiger partial charge >= 0.3 is 0 Å². The average molecular weight is 440 g/mol. The fraction of sp³-hybridized carbons (Fsp3) is 0.375. The number of rotatable bonds is 4. The Morgan fingerprint density at radius 2 is 1.81 bits per heavy atom. The summed E-state index contributed by atoms with van der Waals surface area (Å²) in [7, 11) is -0.434. The van der Waals surface area contributed by atoms with Gasteiger partial charge < -0.3 is 9.47 Å². The van der Waals surface area contributed by atoms with Crippen LogP contribution in [0, 0.1) is 5.92 Å². The van der Waals surface area contributed by atoms with Gasteiger partial charge in [0.15, 0.2) is 17.3 Å². The standard InChI is InChI=1S/C24H25NO5S/c1-29-21-9-8-16-14-20-19-15-17(26)10-11-24(19,22(16)23(21)30-2)12-13-25(20)31(27,28)18-6-4-3-5-7-18/h3-11,19-20H,12-15H2,1-2H3/t19-,20-,24-/m0/s1. The van der Waals surface area contributed by atoms with Crippen molar-refractivity contribution in [2.24, 2.45) is 5.92 Å². The Hall–Kier alpha value is -2.64. The van der Waals surface area contributed by atoms with Crippen molar-refractivity contribution in [1.82, 2.24) is 4.31 Å². The molecular formula is C24H25NO5S. The molecule has 1 fully saturated rings. The molecule has 0 spiro atoms. The van der Waals surface area contributed by atoms with E-state index in [4.69, 9.17) is 9.47 Å². The van der Waals surface area contributed by atoms with Crippen molar-refractivity contribution in [1.29, 1.82) is 0 Å². The van der Waals surface area contributed by atoms with Crippen LogP contribution in [0.4, 0.5) is 0 Å². The van der Waals surface area contributed by atoms with Gasteiger partial charge in [-0.05, 0) is 48.6 Å². The molecule has 5 rings (SSSR count). The quantitative estimate of drug-likeness (QED) is 0.732. The van der Waals surface area contributed by atoms with Crippen molar-refractivity contribution in [3.8, 4) is 11.5 Å². The SMILES string of the molecule is COc1ccc2c(c1OC)[C@]13C=CC(=O)C[C@H]1[C@H](C2)N(S(=O)(=O)c1ccccc1)CC3. The predicted octanol–water partition coefficient (Wildman–Crippen LogP) is 3.11. The molecule has 0 amide bonds. The average Bonchev–Trinajstić information content (AvgIpc) is 2.78. The zero-order valence-corrected chi connectivity index (χ0v) is 18.4. The van der Waals surface area contributed by atoms with Crippen molar-refractivity contribution in [2.75, 3.05) is 20.8 Å². The first kappa shape index (κ1) is 20.3. The number of allylic oxidation sites excluding steroid dienone is 2. The number of hydrogen-bond donors (Lipinski definition) is 0. The highest BCUT2D eigenvalue weighted by atomic mass is 32.2. The molecule has 2 aromatic carbocycles. The van der Waals surface area contributed by atoms with Crippen LogP contribution in [0.25, 0.3) is 0 Å². The van der Waals surface area contributed by atoms with E-state index in [1.807, 2.05) is 18.2 Å². The molecule has 7 heteroatoms. The minimum absolute atomic E-state index is 0.0369. The molecule has 31 heavy (non-hydrogen) atoms. The second-order valence-corrected chi connectivity index (χ2v) is 10.3. The highest BCUT2D eigenvalue weighted by Gasteiger charge is 2.57. The molecule has 2 aromatic rings. The molecule has 0 radical (unpaired) electrons. The highest BCUT2D eigenvalue weighted by Crippen LogP contribution is 2.57. The third-order valence-corrected chi connectivity index (χ3v) is 9.04. The molecule has 1 aliphatic heterocycles. The molecule has 0 unspecified atom stereocenters. The Morgan fingerprint density at radius 3 is 2.52 bits per heavy atom. The number of methoxy groups -OCH3 is 2. The number of carbonyl (C=O) groups excluding carboxylic acids is 1. The van der Waals surface area contributed by atoms with Gasteiger partial charge in [0.2, 0.25) is 10.0 Å². The van der Waals surface area contributed by atoms with Crippen LogP contribution >= 0.6 is 0 Å². The fourth-order valence-corrected chi connectivity index (χ4v) is 7.46. The Morgan fingerprint density at radius 1 is 1.03 bits per heavy atom. The topological polar surface area (TPSA) is 72.9 Å². The van der Waals surface area contributed by atoms with Gasteiger partial charge in [0.05, 0.1) is 19.1 Å². The van der Waals surface area contributed by atoms with Crippen LogP contribution in [0.2, 0.25) is 0 Å². The van der Waals surface area contributed by atoms with Gasteiger partial charge in [0, 0.05) is 30.0 Å². The smallest absolute Gasteiger partial charge is 0.243 e. The summed E-state index contributed by atoms with van der Waals surface area (Å²) in [6, 6.07) is 12.1. The first-order valence-electron chi connectivity index (χ1n) is 10.5. The predicted molar refractivity (Wildman–Crippen MR) is 116 cm³/mol. The molecule has 2 bridgehead atoms. The number of fused-ring (bicyclic) bond motifs is 1. The van der Waals surface area contributed by atoms with Crippen molar-refractivity contribution < 1.29 is 22.7 Å². The van der Waals surface area contributed by atoms with Crippen LogP contribution < -0.4 is 9.47 Å². The van der Waals surface area contributed by atoms with E-state index in [1.54, 1.807) is 54.9 Å². The Balaban J connectivity index is 1.70. The highest BCUT2D eigenvalue weighted by molar-refractivity contribution is 7.89. The molecule has 1 heterocycles. The van der Waals surface area contributed by atoms with Gasteiger partial charge in [-0.1, -0.05) is 30.3 Å². The number of ether oxygens (including phenoxy) is 2. The third-order valence-electron chi connectivity index (χ3n) is 7.11. The Labute approximate surface area is 182 Å². The third kappa shape index (κ3) is 2.87. The molecule has 2 aliphatic carbocycles. The number of hydrogen-bond acceptors (Lipinski definition) is 5. The van der Waals surface area contributed by atoms with Crippen LogP contribution in [0.15, 0.2) is 59.5 Å². The van der Waals surface area contributed by atoms with Crippen LogP contribution in [-0.4, -0.2) is 45.3 Å². The lowest BCUT2D eigenvalue weighted by Gasteiger charge is -2.56. The molecule has 162 valence electrons. The van der Waals surface area contributed by atoms with E-state index >= 15 is 0 Å². The minimum atomic E-state index is -3.67. The molecule has 3 aliphatic rings. The summed E-state index contributed by atoms with van der Waals surface area (Å²) in [5.41, 5.74) is 1.64. The van der Waals surface area contributed by atoms with E-state index in [-0.39, 0.29) is 17.7 Å². The lowest BCUT2D eigenvalue weighted by atomic mass is 9.54. The number of sulfonamides is 1. The lowest BCUT2D eigenvalue weighted by molar-refractivity contribution is -0.118.